The van der Waals surface area contributed by atoms with Crippen molar-refractivity contribution in [3.8, 4) is 11.5 Å². The number of benzene rings is 1. The van der Waals surface area contributed by atoms with E-state index in [1.165, 1.54) is 46.8 Å². The Hall–Kier alpha value is -5.81. The molecule has 2 saturated heterocycles. The summed E-state index contributed by atoms with van der Waals surface area (Å²) in [5.74, 6) is -5.65. The molecule has 0 radical (unpaired) electrons. The first-order valence-corrected chi connectivity index (χ1v) is 20.7. The number of hydrogen-bond donors (Lipinski definition) is 5. The van der Waals surface area contributed by atoms with E-state index in [9.17, 15) is 43.2 Å². The van der Waals surface area contributed by atoms with E-state index in [1.54, 1.807) is 12.1 Å². The predicted molar refractivity (Wildman–Crippen MR) is 222 cm³/mol. The van der Waals surface area contributed by atoms with Crippen LogP contribution in [0.3, 0.4) is 0 Å². The van der Waals surface area contributed by atoms with Crippen LogP contribution >= 0.6 is 0 Å². The van der Waals surface area contributed by atoms with Crippen molar-refractivity contribution in [2.45, 2.75) is 116 Å². The second-order valence-electron chi connectivity index (χ2n) is 16.0. The molecule has 0 unspecified atom stereocenters. The minimum absolute atomic E-state index is 0.0138. The number of ketones is 2. The number of amides is 6. The molecular weight excluding hydrogens is 793 g/mol. The van der Waals surface area contributed by atoms with Crippen LogP contribution in [0.15, 0.2) is 30.9 Å². The van der Waals surface area contributed by atoms with Crippen molar-refractivity contribution < 1.29 is 57.4 Å². The number of fused-ring (bicyclic) bond motifs is 1. The number of piperidine rings is 1. The fourth-order valence-corrected chi connectivity index (χ4v) is 6.93. The number of esters is 1. The van der Waals surface area contributed by atoms with Crippen molar-refractivity contribution in [2.75, 3.05) is 40.4 Å². The second kappa shape index (κ2) is 23.8. The maximum absolute atomic E-state index is 13.9. The number of nitrogens with zero attached hydrogens (tertiary/aromatic N) is 1. The molecule has 1 aromatic carbocycles. The number of cyclic esters (lactones) is 1. The summed E-state index contributed by atoms with van der Waals surface area (Å²) in [5, 5.41) is 13.0. The van der Waals surface area contributed by atoms with Gasteiger partial charge < -0.3 is 45.7 Å². The lowest BCUT2D eigenvalue weighted by Gasteiger charge is -2.36. The van der Waals surface area contributed by atoms with Gasteiger partial charge >= 0.3 is 5.97 Å². The van der Waals surface area contributed by atoms with E-state index in [4.69, 9.17) is 14.2 Å². The summed E-state index contributed by atoms with van der Waals surface area (Å²) in [7, 11) is 3.04. The van der Waals surface area contributed by atoms with Crippen LogP contribution in [0.25, 0.3) is 0 Å². The highest BCUT2D eigenvalue weighted by atomic mass is 16.5. The zero-order valence-electron chi connectivity index (χ0n) is 36.1. The normalized spacial score (nSPS) is 24.7. The highest BCUT2D eigenvalue weighted by Gasteiger charge is 2.42. The summed E-state index contributed by atoms with van der Waals surface area (Å²) in [4.78, 5) is 120. The molecule has 2 aliphatic heterocycles. The molecule has 0 spiro atoms. The number of aryl methyl sites for hydroxylation is 1. The average Bonchev–Trinajstić information content (AvgIpc) is 3.25. The molecule has 0 aliphatic carbocycles. The van der Waals surface area contributed by atoms with Gasteiger partial charge in [0, 0.05) is 50.9 Å². The molecule has 3 rings (SSSR count). The van der Waals surface area contributed by atoms with Gasteiger partial charge in [-0.15, -0.1) is 0 Å². The third-order valence-corrected chi connectivity index (χ3v) is 10.9. The molecule has 2 aliphatic rings. The Morgan fingerprint density at radius 2 is 1.61 bits per heavy atom. The molecule has 18 nitrogen and oxygen atoms in total. The van der Waals surface area contributed by atoms with Gasteiger partial charge in [-0.05, 0) is 82.6 Å². The van der Waals surface area contributed by atoms with Crippen LogP contribution in [0.2, 0.25) is 0 Å². The van der Waals surface area contributed by atoms with Gasteiger partial charge in [0.15, 0.2) is 17.3 Å². The minimum atomic E-state index is -1.32. The Balaban J connectivity index is 1.87. The van der Waals surface area contributed by atoms with E-state index >= 15 is 0 Å². The van der Waals surface area contributed by atoms with Gasteiger partial charge in [-0.25, -0.2) is 4.79 Å². The third kappa shape index (κ3) is 15.3. The Bertz CT molecular complexity index is 1800. The molecule has 61 heavy (non-hydrogen) atoms. The first-order chi connectivity index (χ1) is 28.9. The van der Waals surface area contributed by atoms with Crippen LogP contribution in [0, 0.1) is 11.3 Å². The molecule has 6 amide bonds. The van der Waals surface area contributed by atoms with Crippen LogP contribution in [0.5, 0.6) is 11.5 Å². The number of rotatable bonds is 8. The molecule has 0 aromatic heterocycles. The third-order valence-electron chi connectivity index (χ3n) is 10.9. The monoisotopic (exact) mass is 854 g/mol. The predicted octanol–water partition coefficient (Wildman–Crippen LogP) is 1.22. The van der Waals surface area contributed by atoms with Gasteiger partial charge in [0.2, 0.25) is 35.3 Å². The lowest BCUT2D eigenvalue weighted by molar-refractivity contribution is -0.164. The zero-order valence-corrected chi connectivity index (χ0v) is 36.1. The van der Waals surface area contributed by atoms with E-state index in [1.807, 2.05) is 6.07 Å². The number of carbonyl (C=O) groups excluding carboxylic acids is 9. The Labute approximate surface area is 357 Å². The van der Waals surface area contributed by atoms with Crippen LogP contribution in [-0.4, -0.2) is 123 Å². The highest BCUT2D eigenvalue weighted by molar-refractivity contribution is 6.38. The van der Waals surface area contributed by atoms with Gasteiger partial charge in [-0.1, -0.05) is 26.5 Å². The fourth-order valence-electron chi connectivity index (χ4n) is 6.93. The van der Waals surface area contributed by atoms with E-state index in [0.29, 0.717) is 37.2 Å². The summed E-state index contributed by atoms with van der Waals surface area (Å²) in [5.41, 5.74) is -0.466. The van der Waals surface area contributed by atoms with Gasteiger partial charge in [-0.3, -0.25) is 38.4 Å². The van der Waals surface area contributed by atoms with Crippen molar-refractivity contribution >= 4 is 53.0 Å². The van der Waals surface area contributed by atoms with Crippen molar-refractivity contribution in [3.63, 3.8) is 0 Å². The van der Waals surface area contributed by atoms with Crippen LogP contribution < -0.4 is 36.1 Å². The lowest BCUT2D eigenvalue weighted by Crippen LogP contribution is -2.53. The first kappa shape index (κ1) is 49.6. The molecular formula is C43H62N6O12. The van der Waals surface area contributed by atoms with Crippen LogP contribution in [-0.2, 0) is 54.3 Å². The Morgan fingerprint density at radius 3 is 2.30 bits per heavy atom. The molecule has 0 bridgehead atoms. The number of hydrogen-bond acceptors (Lipinski definition) is 12. The van der Waals surface area contributed by atoms with Crippen molar-refractivity contribution in [1.82, 2.24) is 31.5 Å². The van der Waals surface area contributed by atoms with Crippen molar-refractivity contribution in [3.05, 3.63) is 36.4 Å². The fraction of sp³-hybridized carbons (Fsp3) is 0.605. The maximum Gasteiger partial charge on any atom is 0.329 e. The molecule has 2 heterocycles. The van der Waals surface area contributed by atoms with Crippen molar-refractivity contribution in [2.24, 2.45) is 11.3 Å². The van der Waals surface area contributed by atoms with Crippen LogP contribution in [0.1, 0.15) is 91.0 Å². The summed E-state index contributed by atoms with van der Waals surface area (Å²) >= 11 is 0. The Kier molecular flexibility index (Phi) is 19.4. The van der Waals surface area contributed by atoms with Gasteiger partial charge in [-0.2, -0.15) is 0 Å². The highest BCUT2D eigenvalue weighted by Crippen LogP contribution is 2.30. The molecule has 0 saturated carbocycles. The quantitative estimate of drug-likeness (QED) is 0.141. The largest absolute Gasteiger partial charge is 0.493 e. The number of Topliss-reactive ketones (excluding diaryl/α,β-unsaturated/α-hetero) is 2. The molecule has 18 heteroatoms. The summed E-state index contributed by atoms with van der Waals surface area (Å²) < 4.78 is 16.8. The zero-order chi connectivity index (χ0) is 45.3. The molecule has 5 N–H and O–H groups in total. The lowest BCUT2D eigenvalue weighted by atomic mass is 9.82. The number of ether oxygens (including phenoxy) is 3. The van der Waals surface area contributed by atoms with Gasteiger partial charge in [0.05, 0.1) is 26.2 Å². The smallest absolute Gasteiger partial charge is 0.329 e. The van der Waals surface area contributed by atoms with Crippen molar-refractivity contribution in [1.29, 1.82) is 0 Å². The molecule has 336 valence electrons. The van der Waals surface area contributed by atoms with E-state index in [0.717, 1.165) is 11.6 Å². The number of methoxy groups -OCH3 is 2. The van der Waals surface area contributed by atoms with E-state index in [-0.39, 0.29) is 64.7 Å². The standard InChI is InChI=1S/C43H62N6O12/c1-8-35(51)46-25-29-24-32(50)26(2)48-39(55)27(3)47-37(53)18-19-43(4,5)38(54)41(57)49-22-10-9-11-31(49)42(58)61-30(15-17-36(52)44-20-21-45-40(29)56)14-12-28-13-16-33(59-6)34(23-28)60-7/h8,13,16,23,26-27,29-31H,1,9-12,14-15,17-22,24-25H2,2-7H3,(H,44,52)(H,45,56)(H,46,51)(H,47,53)(H,48,55)/t26-,27-,29-,30+,31-/m0/s1. The second-order valence-corrected chi connectivity index (χ2v) is 16.0. The number of nitrogens with one attached hydrogen (secondary N) is 5. The SMILES string of the molecule is C=CC(=O)NC[C@@H]1CC(=O)[C@H](C)NC(=O)[C@H](C)NC(=O)CCC(C)(C)C(=O)C(=O)N2CCCC[C@H]2C(=O)O[C@H](CCc2ccc(OC)c(OC)c2)CCC(=O)NCCNC1=O. The Morgan fingerprint density at radius 1 is 0.902 bits per heavy atom. The maximum atomic E-state index is 13.9. The molecule has 5 atom stereocenters. The van der Waals surface area contributed by atoms with E-state index < -0.39 is 88.5 Å². The summed E-state index contributed by atoms with van der Waals surface area (Å²) in [6.07, 6.45) is 1.85. The molecule has 2 fully saturated rings. The van der Waals surface area contributed by atoms with Crippen LogP contribution in [0.4, 0.5) is 0 Å². The molecule has 1 aromatic rings. The minimum Gasteiger partial charge on any atom is -0.493 e. The van der Waals surface area contributed by atoms with E-state index in [2.05, 4.69) is 33.2 Å². The number of carbonyl (C=O) groups is 9. The topological polar surface area (TPSA) is 245 Å². The first-order valence-electron chi connectivity index (χ1n) is 20.7. The van der Waals surface area contributed by atoms with Gasteiger partial charge in [0.25, 0.3) is 5.91 Å². The van der Waals surface area contributed by atoms with Gasteiger partial charge in [0.1, 0.15) is 18.2 Å². The average molecular weight is 855 g/mol. The summed E-state index contributed by atoms with van der Waals surface area (Å²) in [6, 6.07) is 2.20. The summed E-state index contributed by atoms with van der Waals surface area (Å²) in [6.45, 7) is 9.22.